The molecule has 0 rings (SSSR count). The molecule has 0 heterocycles. The molecular formula is C7BrF16N. The van der Waals surface area contributed by atoms with Crippen LogP contribution in [0.2, 0.25) is 0 Å². The first-order valence-electron chi connectivity index (χ1n) is 4.88. The van der Waals surface area contributed by atoms with E-state index in [1.807, 2.05) is 0 Å². The maximum Gasteiger partial charge on any atom is 0.469 e. The fourth-order valence-corrected chi connectivity index (χ4v) is 1.27. The SMILES string of the molecule is FC(F)(F)C(F)(F)N(C(F)(F)C(F)(F)F)C(F)(F)C(F)(Br)C(F)(F)F. The molecule has 152 valence electrons. The predicted octanol–water partition coefficient (Wildman–Crippen LogP) is 5.81. The predicted molar refractivity (Wildman–Crippen MR) is 47.6 cm³/mol. The van der Waals surface area contributed by atoms with Crippen molar-refractivity contribution in [2.45, 2.75) is 41.2 Å². The summed E-state index contributed by atoms with van der Waals surface area (Å²) in [6.45, 7) is 0. The zero-order chi connectivity index (χ0) is 21.1. The van der Waals surface area contributed by atoms with E-state index in [0.717, 1.165) is 0 Å². The highest BCUT2D eigenvalue weighted by molar-refractivity contribution is 9.10. The molecule has 0 aromatic carbocycles. The van der Waals surface area contributed by atoms with Gasteiger partial charge in [0, 0.05) is 0 Å². The molecular weight excluding hydrogens is 482 g/mol. The van der Waals surface area contributed by atoms with Gasteiger partial charge in [-0.25, -0.2) is 4.39 Å². The fraction of sp³-hybridized carbons (Fsp3) is 1.00. The fourth-order valence-electron chi connectivity index (χ4n) is 1.09. The number of halogens is 17. The largest absolute Gasteiger partial charge is 0.469 e. The van der Waals surface area contributed by atoms with Gasteiger partial charge in [-0.15, -0.1) is 4.90 Å². The van der Waals surface area contributed by atoms with Crippen molar-refractivity contribution >= 4 is 15.9 Å². The van der Waals surface area contributed by atoms with Crippen LogP contribution in [0.25, 0.3) is 0 Å². The van der Waals surface area contributed by atoms with Gasteiger partial charge in [-0.2, -0.15) is 65.9 Å². The molecule has 0 radical (unpaired) electrons. The highest BCUT2D eigenvalue weighted by atomic mass is 79.9. The molecule has 0 aliphatic rings. The van der Waals surface area contributed by atoms with Crippen molar-refractivity contribution in [3.05, 3.63) is 0 Å². The molecule has 0 aromatic heterocycles. The molecule has 1 atom stereocenters. The zero-order valence-electron chi connectivity index (χ0n) is 10.4. The van der Waals surface area contributed by atoms with Crippen LogP contribution in [0.4, 0.5) is 70.2 Å². The Labute approximate surface area is 133 Å². The lowest BCUT2D eigenvalue weighted by molar-refractivity contribution is -0.492. The molecule has 0 aromatic rings. The van der Waals surface area contributed by atoms with E-state index >= 15 is 0 Å². The van der Waals surface area contributed by atoms with Gasteiger partial charge in [-0.05, 0) is 15.9 Å². The molecule has 0 saturated heterocycles. The summed E-state index contributed by atoms with van der Waals surface area (Å²) in [6.07, 6.45) is -22.6. The van der Waals surface area contributed by atoms with Crippen LogP contribution in [0, 0.1) is 0 Å². The average molecular weight is 482 g/mol. The summed E-state index contributed by atoms with van der Waals surface area (Å²) in [4.78, 5) is -4.53. The van der Waals surface area contributed by atoms with Gasteiger partial charge in [-0.1, -0.05) is 0 Å². The molecule has 0 N–H and O–H groups in total. The number of hydrogen-bond acceptors (Lipinski definition) is 1. The average Bonchev–Trinajstić information content (AvgIpc) is 2.21. The summed E-state index contributed by atoms with van der Waals surface area (Å²) in [6, 6.07) is -23.7. The summed E-state index contributed by atoms with van der Waals surface area (Å²) >= 11 is 0.258. The first kappa shape index (κ1) is 24.3. The van der Waals surface area contributed by atoms with E-state index in [-0.39, 0.29) is 15.9 Å². The van der Waals surface area contributed by atoms with Gasteiger partial charge in [0.15, 0.2) is 0 Å². The number of nitrogens with zero attached hydrogens (tertiary/aromatic N) is 1. The quantitative estimate of drug-likeness (QED) is 0.278. The minimum Gasteiger partial charge on any atom is -0.212 e. The molecule has 0 saturated carbocycles. The second-order valence-corrected chi connectivity index (χ2v) is 5.12. The lowest BCUT2D eigenvalue weighted by Crippen LogP contribution is -2.74. The number of rotatable bonds is 4. The van der Waals surface area contributed by atoms with Crippen LogP contribution in [-0.2, 0) is 0 Å². The lowest BCUT2D eigenvalue weighted by atomic mass is 10.2. The molecule has 0 fully saturated rings. The van der Waals surface area contributed by atoms with Crippen LogP contribution in [0.3, 0.4) is 0 Å². The van der Waals surface area contributed by atoms with Crippen LogP contribution in [0.5, 0.6) is 0 Å². The molecule has 0 amide bonds. The van der Waals surface area contributed by atoms with Crippen LogP contribution >= 0.6 is 15.9 Å². The van der Waals surface area contributed by atoms with Gasteiger partial charge in [0.25, 0.3) is 0 Å². The third-order valence-electron chi connectivity index (χ3n) is 2.26. The maximum atomic E-state index is 13.2. The molecule has 0 aliphatic carbocycles. The molecule has 18 heteroatoms. The third-order valence-corrected chi connectivity index (χ3v) is 3.19. The van der Waals surface area contributed by atoms with E-state index in [4.69, 9.17) is 0 Å². The first-order valence-corrected chi connectivity index (χ1v) is 5.68. The molecule has 0 bridgehead atoms. The van der Waals surface area contributed by atoms with Gasteiger partial charge in [0.05, 0.1) is 0 Å². The number of alkyl halides is 17. The molecule has 1 unspecified atom stereocenters. The van der Waals surface area contributed by atoms with Crippen LogP contribution < -0.4 is 0 Å². The van der Waals surface area contributed by atoms with Crippen LogP contribution in [0.1, 0.15) is 0 Å². The van der Waals surface area contributed by atoms with Crippen molar-refractivity contribution in [2.24, 2.45) is 0 Å². The minimum absolute atomic E-state index is 0.258. The van der Waals surface area contributed by atoms with E-state index in [1.54, 1.807) is 0 Å². The Morgan fingerprint density at radius 2 is 0.640 bits per heavy atom. The Bertz CT molecular complexity index is 456. The van der Waals surface area contributed by atoms with Crippen molar-refractivity contribution in [2.75, 3.05) is 0 Å². The van der Waals surface area contributed by atoms with E-state index < -0.39 is 46.1 Å². The maximum absolute atomic E-state index is 13.2. The smallest absolute Gasteiger partial charge is 0.212 e. The van der Waals surface area contributed by atoms with Gasteiger partial charge < -0.3 is 0 Å². The molecule has 1 nitrogen and oxygen atoms in total. The van der Waals surface area contributed by atoms with Crippen LogP contribution in [0.15, 0.2) is 0 Å². The summed E-state index contributed by atoms with van der Waals surface area (Å²) in [7, 11) is 0. The Balaban J connectivity index is 6.87. The normalized spacial score (nSPS) is 18.5. The van der Waals surface area contributed by atoms with Crippen LogP contribution in [-0.4, -0.2) is 46.1 Å². The Kier molecular flexibility index (Phi) is 5.75. The minimum atomic E-state index is -7.95. The molecule has 25 heavy (non-hydrogen) atoms. The van der Waals surface area contributed by atoms with Gasteiger partial charge in [-0.3, -0.25) is 0 Å². The van der Waals surface area contributed by atoms with Gasteiger partial charge >= 0.3 is 41.2 Å². The highest BCUT2D eigenvalue weighted by Gasteiger charge is 2.86. The Morgan fingerprint density at radius 1 is 0.400 bits per heavy atom. The summed E-state index contributed by atoms with van der Waals surface area (Å²) in [5.74, 6) is 0. The summed E-state index contributed by atoms with van der Waals surface area (Å²) < 4.78 is 192. The van der Waals surface area contributed by atoms with Crippen molar-refractivity contribution in [3.63, 3.8) is 0 Å². The second-order valence-electron chi connectivity index (χ2n) is 4.03. The highest BCUT2D eigenvalue weighted by Crippen LogP contribution is 2.59. The molecule has 0 aliphatic heterocycles. The van der Waals surface area contributed by atoms with E-state index in [9.17, 15) is 70.2 Å². The monoisotopic (exact) mass is 481 g/mol. The van der Waals surface area contributed by atoms with E-state index in [2.05, 4.69) is 0 Å². The lowest BCUT2D eigenvalue weighted by Gasteiger charge is -2.45. The Morgan fingerprint density at radius 3 is 0.800 bits per heavy atom. The van der Waals surface area contributed by atoms with Crippen molar-refractivity contribution in [1.82, 2.24) is 4.90 Å². The van der Waals surface area contributed by atoms with E-state index in [0.29, 0.717) is 0 Å². The topological polar surface area (TPSA) is 3.24 Å². The molecule has 0 spiro atoms. The van der Waals surface area contributed by atoms with Gasteiger partial charge in [0.1, 0.15) is 0 Å². The van der Waals surface area contributed by atoms with Crippen molar-refractivity contribution in [3.8, 4) is 0 Å². The zero-order valence-corrected chi connectivity index (χ0v) is 12.0. The van der Waals surface area contributed by atoms with Gasteiger partial charge in [0.2, 0.25) is 0 Å². The van der Waals surface area contributed by atoms with Crippen molar-refractivity contribution < 1.29 is 70.2 Å². The summed E-state index contributed by atoms with van der Waals surface area (Å²) in [5.41, 5.74) is 0. The van der Waals surface area contributed by atoms with Crippen molar-refractivity contribution in [1.29, 1.82) is 0 Å². The Hall–Kier alpha value is -0.680. The number of hydrogen-bond donors (Lipinski definition) is 0. The third kappa shape index (κ3) is 3.73. The first-order chi connectivity index (χ1) is 10.4. The van der Waals surface area contributed by atoms with E-state index in [1.165, 1.54) is 0 Å². The summed E-state index contributed by atoms with van der Waals surface area (Å²) in [5, 5.41) is 0. The second kappa shape index (κ2) is 5.91. The standard InChI is InChI=1S/C7BrF16N/c8-1(9,2(10,11)12)5(19,20)25(6(21,22)3(13,14)15)7(23,24)4(16,17)18.